The lowest BCUT2D eigenvalue weighted by atomic mass is 10.1. The molecule has 4 heteroatoms. The Bertz CT molecular complexity index is 610. The fraction of sp³-hybridized carbons (Fsp3) is 0.235. The highest BCUT2D eigenvalue weighted by atomic mass is 79.9. The molecule has 0 aliphatic rings. The smallest absolute Gasteiger partial charge is 0.238 e. The van der Waals surface area contributed by atoms with Gasteiger partial charge in [0.05, 0.1) is 12.2 Å². The third-order valence-electron chi connectivity index (χ3n) is 3.13. The average molecular weight is 347 g/mol. The van der Waals surface area contributed by atoms with Gasteiger partial charge in [-0.3, -0.25) is 9.69 Å². The Morgan fingerprint density at radius 2 is 1.81 bits per heavy atom. The van der Waals surface area contributed by atoms with Crippen molar-refractivity contribution < 1.29 is 4.79 Å². The van der Waals surface area contributed by atoms with Crippen LogP contribution in [-0.4, -0.2) is 24.4 Å². The second-order valence-electron chi connectivity index (χ2n) is 5.19. The Kier molecular flexibility index (Phi) is 5.53. The molecule has 0 heterocycles. The van der Waals surface area contributed by atoms with Crippen LogP contribution < -0.4 is 5.32 Å². The third kappa shape index (κ3) is 4.99. The number of carbonyl (C=O) groups is 1. The molecule has 21 heavy (non-hydrogen) atoms. The molecule has 1 N–H and O–H groups in total. The molecular weight excluding hydrogens is 328 g/mol. The van der Waals surface area contributed by atoms with E-state index in [1.807, 2.05) is 36.2 Å². The lowest BCUT2D eigenvalue weighted by Gasteiger charge is -2.17. The summed E-state index contributed by atoms with van der Waals surface area (Å²) in [5.41, 5.74) is 3.25. The van der Waals surface area contributed by atoms with Gasteiger partial charge < -0.3 is 5.32 Å². The molecule has 2 aromatic carbocycles. The summed E-state index contributed by atoms with van der Waals surface area (Å²) in [4.78, 5) is 14.0. The van der Waals surface area contributed by atoms with Crippen molar-refractivity contribution in [2.24, 2.45) is 0 Å². The molecule has 0 unspecified atom stereocenters. The maximum Gasteiger partial charge on any atom is 0.238 e. The van der Waals surface area contributed by atoms with Crippen molar-refractivity contribution in [3.05, 3.63) is 64.1 Å². The number of rotatable bonds is 5. The SMILES string of the molecule is Cc1ccc(CN(C)CC(=O)Nc2ccccc2Br)cc1. The highest BCUT2D eigenvalue weighted by Gasteiger charge is 2.09. The zero-order chi connectivity index (χ0) is 15.2. The van der Waals surface area contributed by atoms with Crippen LogP contribution in [0.5, 0.6) is 0 Å². The van der Waals surface area contributed by atoms with Gasteiger partial charge >= 0.3 is 0 Å². The van der Waals surface area contributed by atoms with Gasteiger partial charge in [-0.05, 0) is 47.6 Å². The summed E-state index contributed by atoms with van der Waals surface area (Å²) < 4.78 is 0.888. The van der Waals surface area contributed by atoms with Crippen LogP contribution >= 0.6 is 15.9 Å². The molecule has 0 aliphatic carbocycles. The van der Waals surface area contributed by atoms with Crippen LogP contribution in [0.3, 0.4) is 0 Å². The quantitative estimate of drug-likeness (QED) is 0.892. The Morgan fingerprint density at radius 1 is 1.14 bits per heavy atom. The topological polar surface area (TPSA) is 32.3 Å². The second kappa shape index (κ2) is 7.38. The van der Waals surface area contributed by atoms with Crippen LogP contribution in [0.25, 0.3) is 0 Å². The highest BCUT2D eigenvalue weighted by molar-refractivity contribution is 9.10. The second-order valence-corrected chi connectivity index (χ2v) is 6.04. The maximum absolute atomic E-state index is 12.0. The van der Waals surface area contributed by atoms with E-state index >= 15 is 0 Å². The normalized spacial score (nSPS) is 10.7. The number of nitrogens with one attached hydrogen (secondary N) is 1. The molecule has 110 valence electrons. The van der Waals surface area contributed by atoms with Crippen LogP contribution in [0.1, 0.15) is 11.1 Å². The van der Waals surface area contributed by atoms with Crippen molar-refractivity contribution in [3.8, 4) is 0 Å². The first-order valence-electron chi connectivity index (χ1n) is 6.83. The van der Waals surface area contributed by atoms with Crippen LogP contribution in [0, 0.1) is 6.92 Å². The van der Waals surface area contributed by atoms with Gasteiger partial charge in [0.25, 0.3) is 0 Å². The van der Waals surface area contributed by atoms with Gasteiger partial charge in [-0.15, -0.1) is 0 Å². The van der Waals surface area contributed by atoms with Gasteiger partial charge in [-0.25, -0.2) is 0 Å². The highest BCUT2D eigenvalue weighted by Crippen LogP contribution is 2.21. The summed E-state index contributed by atoms with van der Waals surface area (Å²) in [5, 5.41) is 2.91. The van der Waals surface area contributed by atoms with E-state index in [-0.39, 0.29) is 5.91 Å². The molecule has 0 bridgehead atoms. The van der Waals surface area contributed by atoms with Gasteiger partial charge in [0.2, 0.25) is 5.91 Å². The summed E-state index contributed by atoms with van der Waals surface area (Å²) in [7, 11) is 1.94. The first-order chi connectivity index (χ1) is 10.0. The average Bonchev–Trinajstić information content (AvgIpc) is 2.44. The fourth-order valence-corrected chi connectivity index (χ4v) is 2.44. The Morgan fingerprint density at radius 3 is 2.48 bits per heavy atom. The molecule has 0 radical (unpaired) electrons. The van der Waals surface area contributed by atoms with Crippen LogP contribution in [0.2, 0.25) is 0 Å². The van der Waals surface area contributed by atoms with E-state index in [1.165, 1.54) is 11.1 Å². The minimum Gasteiger partial charge on any atom is -0.324 e. The molecule has 2 aromatic rings. The van der Waals surface area contributed by atoms with E-state index in [4.69, 9.17) is 0 Å². The number of benzene rings is 2. The standard InChI is InChI=1S/C17H19BrN2O/c1-13-7-9-14(10-8-13)11-20(2)12-17(21)19-16-6-4-3-5-15(16)18/h3-10H,11-12H2,1-2H3,(H,19,21). The molecule has 0 saturated carbocycles. The third-order valence-corrected chi connectivity index (χ3v) is 3.83. The predicted octanol–water partition coefficient (Wildman–Crippen LogP) is 3.83. The van der Waals surface area contributed by atoms with Crippen molar-refractivity contribution in [3.63, 3.8) is 0 Å². The largest absolute Gasteiger partial charge is 0.324 e. The summed E-state index contributed by atoms with van der Waals surface area (Å²) in [6.07, 6.45) is 0. The monoisotopic (exact) mass is 346 g/mol. The summed E-state index contributed by atoms with van der Waals surface area (Å²) in [6, 6.07) is 16.0. The van der Waals surface area contributed by atoms with Gasteiger partial charge in [0.15, 0.2) is 0 Å². The summed E-state index contributed by atoms with van der Waals surface area (Å²) in [6.45, 7) is 3.18. The molecule has 0 saturated heterocycles. The predicted molar refractivity (Wildman–Crippen MR) is 90.3 cm³/mol. The zero-order valence-electron chi connectivity index (χ0n) is 12.3. The number of likely N-dealkylation sites (N-methyl/N-ethyl adjacent to an activating group) is 1. The van der Waals surface area contributed by atoms with E-state index in [0.717, 1.165) is 16.7 Å². The number of nitrogens with zero attached hydrogens (tertiary/aromatic N) is 1. The lowest BCUT2D eigenvalue weighted by Crippen LogP contribution is -2.29. The summed E-state index contributed by atoms with van der Waals surface area (Å²) in [5.74, 6) is -0.0171. The van der Waals surface area contributed by atoms with E-state index < -0.39 is 0 Å². The van der Waals surface area contributed by atoms with E-state index in [1.54, 1.807) is 0 Å². The van der Waals surface area contributed by atoms with E-state index in [2.05, 4.69) is 52.4 Å². The molecule has 3 nitrogen and oxygen atoms in total. The number of aryl methyl sites for hydroxylation is 1. The van der Waals surface area contributed by atoms with E-state index in [0.29, 0.717) is 6.54 Å². The number of halogens is 1. The Hall–Kier alpha value is -1.65. The number of anilines is 1. The molecule has 2 rings (SSSR count). The fourth-order valence-electron chi connectivity index (χ4n) is 2.06. The maximum atomic E-state index is 12.0. The van der Waals surface area contributed by atoms with Crippen LogP contribution in [-0.2, 0) is 11.3 Å². The first-order valence-corrected chi connectivity index (χ1v) is 7.62. The lowest BCUT2D eigenvalue weighted by molar-refractivity contribution is -0.117. The van der Waals surface area contributed by atoms with Crippen molar-refractivity contribution in [1.29, 1.82) is 0 Å². The van der Waals surface area contributed by atoms with Crippen LogP contribution in [0.15, 0.2) is 53.0 Å². The van der Waals surface area contributed by atoms with Crippen molar-refractivity contribution in [2.45, 2.75) is 13.5 Å². The van der Waals surface area contributed by atoms with Crippen molar-refractivity contribution in [1.82, 2.24) is 4.90 Å². The van der Waals surface area contributed by atoms with E-state index in [9.17, 15) is 4.79 Å². The van der Waals surface area contributed by atoms with Gasteiger partial charge in [0.1, 0.15) is 0 Å². The molecule has 0 atom stereocenters. The summed E-state index contributed by atoms with van der Waals surface area (Å²) >= 11 is 3.42. The molecule has 1 amide bonds. The first kappa shape index (κ1) is 15.7. The zero-order valence-corrected chi connectivity index (χ0v) is 13.9. The Labute approximate surface area is 134 Å². The number of hydrogen-bond acceptors (Lipinski definition) is 2. The minimum atomic E-state index is -0.0171. The number of carbonyl (C=O) groups excluding carboxylic acids is 1. The van der Waals surface area contributed by atoms with Gasteiger partial charge in [-0.2, -0.15) is 0 Å². The molecule has 0 spiro atoms. The molecule has 0 fully saturated rings. The number of hydrogen-bond donors (Lipinski definition) is 1. The number of para-hydroxylation sites is 1. The van der Waals surface area contributed by atoms with Crippen molar-refractivity contribution >= 4 is 27.5 Å². The van der Waals surface area contributed by atoms with Gasteiger partial charge in [0, 0.05) is 11.0 Å². The molecule has 0 aliphatic heterocycles. The Balaban J connectivity index is 1.87. The van der Waals surface area contributed by atoms with Crippen molar-refractivity contribution in [2.75, 3.05) is 18.9 Å². The minimum absolute atomic E-state index is 0.0171. The molecular formula is C17H19BrN2O. The number of amides is 1. The van der Waals surface area contributed by atoms with Crippen LogP contribution in [0.4, 0.5) is 5.69 Å². The van der Waals surface area contributed by atoms with Gasteiger partial charge in [-0.1, -0.05) is 42.0 Å². The molecule has 0 aromatic heterocycles.